The van der Waals surface area contributed by atoms with Crippen LogP contribution in [0.1, 0.15) is 5.69 Å². The standard InChI is InChI=1S/C24H21N9O2/c1-32-11-10-16(30-32)15-7-5-8-17(22(15)35-3)27-18-12-20(28-19-9-4-6-14(13-25)26-19)29-23-21(18)24(34)33(2)31-23/h4-12H,1-3H3,(H3,26,27,28,29,31). The third-order valence-electron chi connectivity index (χ3n) is 5.41. The molecule has 5 aromatic rings. The molecule has 4 aromatic heterocycles. The summed E-state index contributed by atoms with van der Waals surface area (Å²) in [4.78, 5) is 21.6. The van der Waals surface area contributed by atoms with Crippen LogP contribution >= 0.6 is 0 Å². The number of H-pyrrole nitrogens is 1. The Kier molecular flexibility index (Phi) is 5.39. The van der Waals surface area contributed by atoms with Crippen molar-refractivity contribution in [2.75, 3.05) is 17.7 Å². The molecule has 3 N–H and O–H groups in total. The molecule has 0 aliphatic heterocycles. The number of aryl methyl sites for hydroxylation is 2. The predicted molar refractivity (Wildman–Crippen MR) is 132 cm³/mol. The minimum atomic E-state index is -0.231. The van der Waals surface area contributed by atoms with Crippen molar-refractivity contribution in [3.05, 3.63) is 70.8 Å². The summed E-state index contributed by atoms with van der Waals surface area (Å²) in [7, 11) is 5.07. The van der Waals surface area contributed by atoms with E-state index in [2.05, 4.69) is 30.8 Å². The van der Waals surface area contributed by atoms with E-state index in [1.165, 1.54) is 4.68 Å². The van der Waals surface area contributed by atoms with Crippen LogP contribution in [0.5, 0.6) is 5.75 Å². The van der Waals surface area contributed by atoms with Gasteiger partial charge in [-0.2, -0.15) is 10.4 Å². The Morgan fingerprint density at radius 3 is 2.60 bits per heavy atom. The highest BCUT2D eigenvalue weighted by atomic mass is 16.5. The second-order valence-corrected chi connectivity index (χ2v) is 7.79. The van der Waals surface area contributed by atoms with Gasteiger partial charge in [0.25, 0.3) is 5.56 Å². The van der Waals surface area contributed by atoms with E-state index in [-0.39, 0.29) is 11.3 Å². The largest absolute Gasteiger partial charge is 0.494 e. The Balaban J connectivity index is 1.61. The molecule has 35 heavy (non-hydrogen) atoms. The van der Waals surface area contributed by atoms with Crippen LogP contribution in [0, 0.1) is 11.3 Å². The number of aromatic nitrogens is 6. The fourth-order valence-electron chi connectivity index (χ4n) is 3.84. The Bertz CT molecular complexity index is 1660. The molecule has 0 unspecified atom stereocenters. The maximum absolute atomic E-state index is 12.9. The van der Waals surface area contributed by atoms with Gasteiger partial charge in [-0.15, -0.1) is 0 Å². The Labute approximate surface area is 199 Å². The molecule has 0 radical (unpaired) electrons. The van der Waals surface area contributed by atoms with E-state index in [0.717, 1.165) is 11.3 Å². The number of ether oxygens (including phenoxy) is 1. The van der Waals surface area contributed by atoms with Gasteiger partial charge in [0.05, 0.1) is 24.2 Å². The third-order valence-corrected chi connectivity index (χ3v) is 5.41. The molecule has 0 aliphatic rings. The topological polar surface area (TPSA) is 138 Å². The number of anilines is 4. The number of hydrogen-bond donors (Lipinski definition) is 3. The smallest absolute Gasteiger partial charge is 0.277 e. The normalized spacial score (nSPS) is 10.8. The number of nitriles is 1. The first-order valence-corrected chi connectivity index (χ1v) is 10.6. The molecule has 5 rings (SSSR count). The molecule has 0 fully saturated rings. The molecular formula is C24H21N9O2. The van der Waals surface area contributed by atoms with E-state index < -0.39 is 0 Å². The van der Waals surface area contributed by atoms with Crippen molar-refractivity contribution in [1.29, 1.82) is 5.26 Å². The fourth-order valence-corrected chi connectivity index (χ4v) is 3.84. The van der Waals surface area contributed by atoms with E-state index in [9.17, 15) is 4.79 Å². The maximum Gasteiger partial charge on any atom is 0.277 e. The van der Waals surface area contributed by atoms with Crippen LogP contribution < -0.4 is 20.9 Å². The lowest BCUT2D eigenvalue weighted by atomic mass is 10.1. The summed E-state index contributed by atoms with van der Waals surface area (Å²) in [6, 6.07) is 16.4. The van der Waals surface area contributed by atoms with Gasteiger partial charge in [-0.25, -0.2) is 9.97 Å². The van der Waals surface area contributed by atoms with Crippen molar-refractivity contribution < 1.29 is 4.74 Å². The molecule has 174 valence electrons. The van der Waals surface area contributed by atoms with Gasteiger partial charge in [0, 0.05) is 31.9 Å². The summed E-state index contributed by atoms with van der Waals surface area (Å²) in [6.45, 7) is 0. The van der Waals surface area contributed by atoms with Crippen LogP contribution in [0.4, 0.5) is 23.0 Å². The van der Waals surface area contributed by atoms with Gasteiger partial charge in [0.15, 0.2) is 11.4 Å². The van der Waals surface area contributed by atoms with Gasteiger partial charge >= 0.3 is 0 Å². The van der Waals surface area contributed by atoms with Crippen LogP contribution in [-0.2, 0) is 14.1 Å². The van der Waals surface area contributed by atoms with E-state index in [1.807, 2.05) is 43.6 Å². The molecule has 0 amide bonds. The molecular weight excluding hydrogens is 446 g/mol. The summed E-state index contributed by atoms with van der Waals surface area (Å²) in [5.74, 6) is 1.47. The highest BCUT2D eigenvalue weighted by Gasteiger charge is 2.18. The fraction of sp³-hybridized carbons (Fsp3) is 0.125. The zero-order valence-corrected chi connectivity index (χ0v) is 19.2. The zero-order valence-electron chi connectivity index (χ0n) is 19.2. The molecule has 4 heterocycles. The number of benzene rings is 1. The monoisotopic (exact) mass is 467 g/mol. The van der Waals surface area contributed by atoms with Crippen LogP contribution in [0.25, 0.3) is 22.3 Å². The number of fused-ring (bicyclic) bond motifs is 1. The van der Waals surface area contributed by atoms with E-state index in [4.69, 9.17) is 10.00 Å². The molecule has 11 heteroatoms. The van der Waals surface area contributed by atoms with Gasteiger partial charge in [0.1, 0.15) is 28.8 Å². The first kappa shape index (κ1) is 21.7. The average Bonchev–Trinajstić information content (AvgIpc) is 3.41. The number of nitrogens with one attached hydrogen (secondary N) is 3. The summed E-state index contributed by atoms with van der Waals surface area (Å²) < 4.78 is 8.82. The Morgan fingerprint density at radius 1 is 1.03 bits per heavy atom. The van der Waals surface area contributed by atoms with Crippen molar-refractivity contribution in [3.63, 3.8) is 0 Å². The maximum atomic E-state index is 12.9. The van der Waals surface area contributed by atoms with Gasteiger partial charge in [-0.3, -0.25) is 19.3 Å². The number of hydrogen-bond acceptors (Lipinski definition) is 8. The van der Waals surface area contributed by atoms with E-state index >= 15 is 0 Å². The van der Waals surface area contributed by atoms with Crippen molar-refractivity contribution in [2.24, 2.45) is 14.1 Å². The van der Waals surface area contributed by atoms with Crippen molar-refractivity contribution in [2.45, 2.75) is 0 Å². The molecule has 1 aromatic carbocycles. The lowest BCUT2D eigenvalue weighted by molar-refractivity contribution is 0.418. The highest BCUT2D eigenvalue weighted by Crippen LogP contribution is 2.38. The van der Waals surface area contributed by atoms with E-state index in [1.54, 1.807) is 43.1 Å². The molecule has 0 aliphatic carbocycles. The summed E-state index contributed by atoms with van der Waals surface area (Å²) in [5.41, 5.74) is 3.18. The lowest BCUT2D eigenvalue weighted by Crippen LogP contribution is -2.12. The molecule has 11 nitrogen and oxygen atoms in total. The molecule has 0 spiro atoms. The quantitative estimate of drug-likeness (QED) is 0.345. The first-order valence-electron chi connectivity index (χ1n) is 10.6. The molecule has 0 saturated heterocycles. The van der Waals surface area contributed by atoms with Crippen LogP contribution in [0.15, 0.2) is 59.5 Å². The summed E-state index contributed by atoms with van der Waals surface area (Å²) >= 11 is 0. The van der Waals surface area contributed by atoms with Crippen LogP contribution in [-0.4, -0.2) is 36.6 Å². The van der Waals surface area contributed by atoms with Crippen LogP contribution in [0.2, 0.25) is 0 Å². The second kappa shape index (κ2) is 8.68. The minimum Gasteiger partial charge on any atom is -0.494 e. The number of nitrogens with zero attached hydrogens (tertiary/aromatic N) is 6. The summed E-state index contributed by atoms with van der Waals surface area (Å²) in [6.07, 6.45) is 1.86. The number of methoxy groups -OCH3 is 1. The first-order chi connectivity index (χ1) is 17.0. The second-order valence-electron chi connectivity index (χ2n) is 7.79. The van der Waals surface area contributed by atoms with Crippen molar-refractivity contribution in [1.82, 2.24) is 29.5 Å². The lowest BCUT2D eigenvalue weighted by Gasteiger charge is -2.15. The highest BCUT2D eigenvalue weighted by molar-refractivity contribution is 5.94. The number of rotatable bonds is 6. The average molecular weight is 467 g/mol. The van der Waals surface area contributed by atoms with Crippen molar-refractivity contribution in [3.8, 4) is 23.1 Å². The number of para-hydroxylation sites is 1. The molecule has 0 atom stereocenters. The van der Waals surface area contributed by atoms with E-state index in [0.29, 0.717) is 39.8 Å². The zero-order chi connectivity index (χ0) is 24.5. The van der Waals surface area contributed by atoms with Gasteiger partial charge < -0.3 is 15.4 Å². The third kappa shape index (κ3) is 4.04. The van der Waals surface area contributed by atoms with Crippen molar-refractivity contribution >= 4 is 34.0 Å². The number of pyridine rings is 2. The molecule has 0 bridgehead atoms. The summed E-state index contributed by atoms with van der Waals surface area (Å²) in [5, 5.41) is 23.4. The van der Waals surface area contributed by atoms with Gasteiger partial charge in [-0.05, 0) is 30.3 Å². The number of aromatic amines is 1. The SMILES string of the molecule is COc1c(Nc2cc(Nc3cccc(C#N)n3)nc3[nH]n(C)c(=O)c23)cccc1-c1ccn(C)n1. The van der Waals surface area contributed by atoms with Gasteiger partial charge in [0.2, 0.25) is 0 Å². The Hall–Kier alpha value is -5.11. The van der Waals surface area contributed by atoms with Crippen LogP contribution in [0.3, 0.4) is 0 Å². The Morgan fingerprint density at radius 2 is 1.86 bits per heavy atom. The minimum absolute atomic E-state index is 0.231. The predicted octanol–water partition coefficient (Wildman–Crippen LogP) is 3.42. The molecule has 0 saturated carbocycles. The van der Waals surface area contributed by atoms with Gasteiger partial charge in [-0.1, -0.05) is 12.1 Å².